The normalized spacial score (nSPS) is 13.4. The molecule has 0 rings (SSSR count). The molecular weight excluding hydrogens is 144 g/mol. The Kier molecular flexibility index (Phi) is 4.22. The van der Waals surface area contributed by atoms with Crippen molar-refractivity contribution >= 4 is 5.97 Å². The summed E-state index contributed by atoms with van der Waals surface area (Å²) in [7, 11) is 0. The molecule has 2 N–H and O–H groups in total. The molecule has 0 aromatic rings. The SMILES string of the molecule is C/C=C\C(CO)=C(/C)C(=O)O. The third kappa shape index (κ3) is 3.00. The molecule has 0 aromatic carbocycles. The van der Waals surface area contributed by atoms with Crippen LogP contribution in [0.1, 0.15) is 13.8 Å². The van der Waals surface area contributed by atoms with Gasteiger partial charge in [-0.15, -0.1) is 0 Å². The molecule has 0 fully saturated rings. The Balaban J connectivity index is 4.67. The molecule has 0 aliphatic carbocycles. The van der Waals surface area contributed by atoms with Crippen LogP contribution >= 0.6 is 0 Å². The minimum absolute atomic E-state index is 0.186. The summed E-state index contributed by atoms with van der Waals surface area (Å²) >= 11 is 0. The van der Waals surface area contributed by atoms with Crippen molar-refractivity contribution in [1.29, 1.82) is 0 Å². The van der Waals surface area contributed by atoms with E-state index in [0.29, 0.717) is 5.57 Å². The van der Waals surface area contributed by atoms with Crippen LogP contribution in [-0.4, -0.2) is 22.8 Å². The topological polar surface area (TPSA) is 57.5 Å². The van der Waals surface area contributed by atoms with Gasteiger partial charge in [0.25, 0.3) is 0 Å². The van der Waals surface area contributed by atoms with E-state index < -0.39 is 5.97 Å². The zero-order valence-electron chi connectivity index (χ0n) is 6.66. The van der Waals surface area contributed by atoms with Crippen molar-refractivity contribution in [1.82, 2.24) is 0 Å². The lowest BCUT2D eigenvalue weighted by Crippen LogP contribution is -2.02. The molecule has 0 heterocycles. The molecule has 0 saturated heterocycles. The van der Waals surface area contributed by atoms with Crippen molar-refractivity contribution in [3.63, 3.8) is 0 Å². The molecule has 3 nitrogen and oxygen atoms in total. The van der Waals surface area contributed by atoms with Crippen molar-refractivity contribution in [3.05, 3.63) is 23.3 Å². The number of carboxylic acids is 1. The fraction of sp³-hybridized carbons (Fsp3) is 0.375. The third-order valence-corrected chi connectivity index (χ3v) is 1.34. The molecule has 0 unspecified atom stereocenters. The summed E-state index contributed by atoms with van der Waals surface area (Å²) in [4.78, 5) is 10.4. The molecule has 0 amide bonds. The highest BCUT2D eigenvalue weighted by Crippen LogP contribution is 2.04. The summed E-state index contributed by atoms with van der Waals surface area (Å²) in [5.74, 6) is -0.993. The van der Waals surface area contributed by atoms with Crippen molar-refractivity contribution < 1.29 is 15.0 Å². The highest BCUT2D eigenvalue weighted by atomic mass is 16.4. The Labute approximate surface area is 65.7 Å². The number of aliphatic carboxylic acids is 1. The smallest absolute Gasteiger partial charge is 0.331 e. The molecule has 0 radical (unpaired) electrons. The zero-order valence-corrected chi connectivity index (χ0v) is 6.66. The quantitative estimate of drug-likeness (QED) is 0.472. The van der Waals surface area contributed by atoms with Gasteiger partial charge < -0.3 is 10.2 Å². The van der Waals surface area contributed by atoms with E-state index >= 15 is 0 Å². The third-order valence-electron chi connectivity index (χ3n) is 1.34. The van der Waals surface area contributed by atoms with Gasteiger partial charge in [-0.05, 0) is 19.4 Å². The first-order valence-electron chi connectivity index (χ1n) is 3.30. The van der Waals surface area contributed by atoms with Gasteiger partial charge in [0.05, 0.1) is 6.61 Å². The van der Waals surface area contributed by atoms with Crippen LogP contribution < -0.4 is 0 Å². The molecule has 62 valence electrons. The largest absolute Gasteiger partial charge is 0.478 e. The second kappa shape index (κ2) is 4.68. The van der Waals surface area contributed by atoms with Crippen molar-refractivity contribution in [3.8, 4) is 0 Å². The summed E-state index contributed by atoms with van der Waals surface area (Å²) in [5, 5.41) is 17.2. The number of carboxylic acid groups (broad SMARTS) is 1. The summed E-state index contributed by atoms with van der Waals surface area (Å²) < 4.78 is 0. The van der Waals surface area contributed by atoms with Crippen LogP contribution in [0.3, 0.4) is 0 Å². The van der Waals surface area contributed by atoms with Crippen molar-refractivity contribution in [2.45, 2.75) is 13.8 Å². The first-order valence-corrected chi connectivity index (χ1v) is 3.30. The maximum atomic E-state index is 10.4. The highest BCUT2D eigenvalue weighted by molar-refractivity contribution is 5.87. The summed E-state index contributed by atoms with van der Waals surface area (Å²) in [5.41, 5.74) is 0.630. The van der Waals surface area contributed by atoms with Gasteiger partial charge in [0.1, 0.15) is 0 Å². The maximum Gasteiger partial charge on any atom is 0.331 e. The Morgan fingerprint density at radius 2 is 2.09 bits per heavy atom. The molecule has 0 aliphatic rings. The minimum atomic E-state index is -0.993. The van der Waals surface area contributed by atoms with Crippen LogP contribution in [0.15, 0.2) is 23.3 Å². The number of aliphatic hydroxyl groups excluding tert-OH is 1. The lowest BCUT2D eigenvalue weighted by atomic mass is 10.1. The highest BCUT2D eigenvalue weighted by Gasteiger charge is 2.04. The number of carbonyl (C=O) groups is 1. The lowest BCUT2D eigenvalue weighted by molar-refractivity contribution is -0.132. The van der Waals surface area contributed by atoms with E-state index in [9.17, 15) is 4.79 Å². The van der Waals surface area contributed by atoms with Gasteiger partial charge >= 0.3 is 5.97 Å². The van der Waals surface area contributed by atoms with Crippen molar-refractivity contribution in [2.24, 2.45) is 0 Å². The average Bonchev–Trinajstić information content (AvgIpc) is 1.98. The predicted molar refractivity (Wildman–Crippen MR) is 42.2 cm³/mol. The van der Waals surface area contributed by atoms with Crippen LogP contribution in [0, 0.1) is 0 Å². The molecule has 0 bridgehead atoms. The lowest BCUT2D eigenvalue weighted by Gasteiger charge is -1.99. The number of allylic oxidation sites excluding steroid dienone is 1. The predicted octanol–water partition coefficient (Wildman–Crippen LogP) is 0.956. The first kappa shape index (κ1) is 9.91. The van der Waals surface area contributed by atoms with Crippen LogP contribution in [0.5, 0.6) is 0 Å². The van der Waals surface area contributed by atoms with E-state index in [1.165, 1.54) is 6.92 Å². The summed E-state index contributed by atoms with van der Waals surface area (Å²) in [6.07, 6.45) is 3.28. The van der Waals surface area contributed by atoms with Gasteiger partial charge in [-0.3, -0.25) is 0 Å². The molecule has 11 heavy (non-hydrogen) atoms. The van der Waals surface area contributed by atoms with E-state index in [4.69, 9.17) is 10.2 Å². The van der Waals surface area contributed by atoms with Gasteiger partial charge in [-0.25, -0.2) is 4.79 Å². The molecule has 0 aromatic heterocycles. The van der Waals surface area contributed by atoms with E-state index in [2.05, 4.69) is 0 Å². The van der Waals surface area contributed by atoms with Gasteiger partial charge in [0.2, 0.25) is 0 Å². The van der Waals surface area contributed by atoms with Crippen molar-refractivity contribution in [2.75, 3.05) is 6.61 Å². The van der Waals surface area contributed by atoms with Crippen LogP contribution in [0.4, 0.5) is 0 Å². The standard InChI is InChI=1S/C8H12O3/c1-3-4-7(5-9)6(2)8(10)11/h3-4,9H,5H2,1-2H3,(H,10,11)/b4-3-,7-6-. The maximum absolute atomic E-state index is 10.4. The first-order chi connectivity index (χ1) is 5.13. The molecule has 0 saturated carbocycles. The van der Waals surface area contributed by atoms with Crippen LogP contribution in [-0.2, 0) is 4.79 Å². The minimum Gasteiger partial charge on any atom is -0.478 e. The van der Waals surface area contributed by atoms with Gasteiger partial charge in [-0.1, -0.05) is 12.2 Å². The zero-order chi connectivity index (χ0) is 8.85. The van der Waals surface area contributed by atoms with Gasteiger partial charge in [-0.2, -0.15) is 0 Å². The Morgan fingerprint density at radius 3 is 2.36 bits per heavy atom. The van der Waals surface area contributed by atoms with E-state index in [0.717, 1.165) is 0 Å². The second-order valence-corrected chi connectivity index (χ2v) is 2.11. The molecule has 0 aliphatic heterocycles. The van der Waals surface area contributed by atoms with Crippen LogP contribution in [0.2, 0.25) is 0 Å². The van der Waals surface area contributed by atoms with Gasteiger partial charge in [0, 0.05) is 5.57 Å². The number of rotatable bonds is 3. The van der Waals surface area contributed by atoms with E-state index in [1.54, 1.807) is 19.1 Å². The number of aliphatic hydroxyl groups is 1. The summed E-state index contributed by atoms with van der Waals surface area (Å²) in [6.45, 7) is 3.00. The fourth-order valence-corrected chi connectivity index (χ4v) is 0.635. The average molecular weight is 156 g/mol. The summed E-state index contributed by atoms with van der Waals surface area (Å²) in [6, 6.07) is 0. The second-order valence-electron chi connectivity index (χ2n) is 2.11. The van der Waals surface area contributed by atoms with E-state index in [1.807, 2.05) is 0 Å². The van der Waals surface area contributed by atoms with Gasteiger partial charge in [0.15, 0.2) is 0 Å². The van der Waals surface area contributed by atoms with E-state index in [-0.39, 0.29) is 12.2 Å². The Morgan fingerprint density at radius 1 is 1.55 bits per heavy atom. The molecular formula is C8H12O3. The monoisotopic (exact) mass is 156 g/mol. The Bertz CT molecular complexity index is 201. The molecule has 0 spiro atoms. The van der Waals surface area contributed by atoms with Crippen LogP contribution in [0.25, 0.3) is 0 Å². The Hall–Kier alpha value is -1.09. The molecule has 0 atom stereocenters. The molecule has 3 heteroatoms. The fourth-order valence-electron chi connectivity index (χ4n) is 0.635. The number of hydrogen-bond donors (Lipinski definition) is 2. The number of hydrogen-bond acceptors (Lipinski definition) is 2.